The molecule has 1 saturated heterocycles. The monoisotopic (exact) mass is 551 g/mol. The van der Waals surface area contributed by atoms with E-state index in [2.05, 4.69) is 0 Å². The molecule has 0 radical (unpaired) electrons. The van der Waals surface area contributed by atoms with Gasteiger partial charge in [-0.1, -0.05) is 76.7 Å². The van der Waals surface area contributed by atoms with Crippen LogP contribution in [0.1, 0.15) is 11.1 Å². The van der Waals surface area contributed by atoms with Crippen molar-refractivity contribution in [2.24, 2.45) is 0 Å². The third kappa shape index (κ3) is 5.41. The van der Waals surface area contributed by atoms with E-state index in [-0.39, 0.29) is 34.9 Å². The number of Topliss-reactive ketones (excluding diaryl/α,β-unsaturated/α-hetero) is 1. The number of rotatable bonds is 4. The largest absolute Gasteiger partial charge is 0.289 e. The molecule has 4 nitrogen and oxygen atoms in total. The predicted octanol–water partition coefficient (Wildman–Crippen LogP) is 7.04. The zero-order valence-corrected chi connectivity index (χ0v) is 21.4. The first kappa shape index (κ1) is 25.0. The molecular formula is C25H17Cl4NO3S. The van der Waals surface area contributed by atoms with Crippen LogP contribution < -0.4 is 0 Å². The molecule has 34 heavy (non-hydrogen) atoms. The Hall–Kier alpha value is -2.12. The summed E-state index contributed by atoms with van der Waals surface area (Å²) in [4.78, 5) is 13.5. The first-order chi connectivity index (χ1) is 16.1. The van der Waals surface area contributed by atoms with Crippen LogP contribution in [0.3, 0.4) is 0 Å². The minimum absolute atomic E-state index is 0.110. The van der Waals surface area contributed by atoms with Gasteiger partial charge in [0.1, 0.15) is 0 Å². The van der Waals surface area contributed by atoms with Crippen LogP contribution >= 0.6 is 46.4 Å². The SMILES string of the molecule is O=C1/C(=C/c2ccc(Cl)cc2Cl)CN(S(=O)(=O)c2ccccc2)C/C1=C\c1ccc(Cl)cc1Cl. The molecule has 1 aliphatic heterocycles. The number of benzene rings is 3. The van der Waals surface area contributed by atoms with E-state index >= 15 is 0 Å². The lowest BCUT2D eigenvalue weighted by Gasteiger charge is -2.29. The highest BCUT2D eigenvalue weighted by Crippen LogP contribution is 2.31. The lowest BCUT2D eigenvalue weighted by Crippen LogP contribution is -2.41. The topological polar surface area (TPSA) is 54.5 Å². The number of piperidine rings is 1. The molecule has 0 spiro atoms. The Morgan fingerprint density at radius 1 is 0.706 bits per heavy atom. The number of halogens is 4. The van der Waals surface area contributed by atoms with Gasteiger partial charge in [-0.2, -0.15) is 4.31 Å². The minimum Gasteiger partial charge on any atom is -0.289 e. The summed E-state index contributed by atoms with van der Waals surface area (Å²) in [6.07, 6.45) is 3.18. The third-order valence-electron chi connectivity index (χ3n) is 5.24. The average Bonchev–Trinajstić information content (AvgIpc) is 2.80. The maximum Gasteiger partial charge on any atom is 0.243 e. The normalized spacial score (nSPS) is 17.5. The molecule has 0 amide bonds. The summed E-state index contributed by atoms with van der Waals surface area (Å²) in [6.45, 7) is -0.221. The van der Waals surface area contributed by atoms with E-state index in [1.165, 1.54) is 16.4 Å². The molecule has 4 rings (SSSR count). The summed E-state index contributed by atoms with van der Waals surface area (Å²) in [5, 5.41) is 1.60. The lowest BCUT2D eigenvalue weighted by atomic mass is 9.95. The highest BCUT2D eigenvalue weighted by atomic mass is 35.5. The van der Waals surface area contributed by atoms with Crippen LogP contribution in [-0.4, -0.2) is 31.6 Å². The van der Waals surface area contributed by atoms with Crippen LogP contribution in [0.4, 0.5) is 0 Å². The molecule has 0 aliphatic carbocycles. The van der Waals surface area contributed by atoms with Crippen molar-refractivity contribution in [1.29, 1.82) is 0 Å². The highest BCUT2D eigenvalue weighted by Gasteiger charge is 2.34. The number of carbonyl (C=O) groups is 1. The summed E-state index contributed by atoms with van der Waals surface area (Å²) in [5.41, 5.74) is 1.65. The first-order valence-corrected chi connectivity index (χ1v) is 13.0. The van der Waals surface area contributed by atoms with Crippen LogP contribution in [0.15, 0.2) is 82.8 Å². The Labute approximate surface area is 218 Å². The van der Waals surface area contributed by atoms with Gasteiger partial charge >= 0.3 is 0 Å². The molecule has 0 atom stereocenters. The van der Waals surface area contributed by atoms with Crippen molar-refractivity contribution >= 4 is 74.4 Å². The Bertz CT molecular complexity index is 1360. The summed E-state index contributed by atoms with van der Waals surface area (Å²) in [6, 6.07) is 17.8. The lowest BCUT2D eigenvalue weighted by molar-refractivity contribution is -0.113. The van der Waals surface area contributed by atoms with Gasteiger partial charge in [0.05, 0.1) is 4.90 Å². The molecule has 174 valence electrons. The predicted molar refractivity (Wildman–Crippen MR) is 139 cm³/mol. The number of sulfonamides is 1. The van der Waals surface area contributed by atoms with E-state index in [1.54, 1.807) is 66.7 Å². The Kier molecular flexibility index (Phi) is 7.53. The van der Waals surface area contributed by atoms with Crippen molar-refractivity contribution < 1.29 is 13.2 Å². The molecule has 0 bridgehead atoms. The van der Waals surface area contributed by atoms with Crippen LogP contribution in [-0.2, 0) is 14.8 Å². The number of hydrogen-bond donors (Lipinski definition) is 0. The maximum absolute atomic E-state index is 13.4. The fraction of sp³-hybridized carbons (Fsp3) is 0.0800. The standard InChI is InChI=1S/C25H17Cl4NO3S/c26-20-8-6-16(23(28)12-20)10-18-14-30(34(32,33)22-4-2-1-3-5-22)15-19(25(18)31)11-17-7-9-21(27)13-24(17)29/h1-13H,14-15H2/b18-10+,19-11+. The van der Waals surface area contributed by atoms with Gasteiger partial charge in [-0.15, -0.1) is 0 Å². The van der Waals surface area contributed by atoms with Gasteiger partial charge in [-0.05, 0) is 59.7 Å². The van der Waals surface area contributed by atoms with Crippen molar-refractivity contribution in [2.45, 2.75) is 4.90 Å². The fourth-order valence-corrected chi connectivity index (χ4v) is 5.88. The van der Waals surface area contributed by atoms with Crippen molar-refractivity contribution in [3.8, 4) is 0 Å². The van der Waals surface area contributed by atoms with E-state index in [0.29, 0.717) is 31.2 Å². The smallest absolute Gasteiger partial charge is 0.243 e. The van der Waals surface area contributed by atoms with Crippen LogP contribution in [0.2, 0.25) is 20.1 Å². The molecule has 0 saturated carbocycles. The minimum atomic E-state index is -3.88. The second kappa shape index (κ2) is 10.2. The first-order valence-electron chi connectivity index (χ1n) is 10.1. The van der Waals surface area contributed by atoms with Gasteiger partial charge in [0.15, 0.2) is 5.78 Å². The second-order valence-corrected chi connectivity index (χ2v) is 11.2. The number of hydrogen-bond acceptors (Lipinski definition) is 3. The van der Waals surface area contributed by atoms with Crippen LogP contribution in [0, 0.1) is 0 Å². The maximum atomic E-state index is 13.4. The molecule has 1 heterocycles. The van der Waals surface area contributed by atoms with Crippen molar-refractivity contribution in [3.63, 3.8) is 0 Å². The van der Waals surface area contributed by atoms with E-state index in [4.69, 9.17) is 46.4 Å². The zero-order chi connectivity index (χ0) is 24.5. The van der Waals surface area contributed by atoms with Crippen molar-refractivity contribution in [1.82, 2.24) is 4.31 Å². The molecule has 3 aromatic rings. The second-order valence-electron chi connectivity index (χ2n) is 7.59. The molecule has 1 aliphatic rings. The van der Waals surface area contributed by atoms with Gasteiger partial charge < -0.3 is 0 Å². The average molecular weight is 553 g/mol. The third-order valence-corrected chi connectivity index (χ3v) is 8.17. The number of carbonyl (C=O) groups excluding carboxylic acids is 1. The number of nitrogens with zero attached hydrogens (tertiary/aromatic N) is 1. The molecule has 0 unspecified atom stereocenters. The van der Waals surface area contributed by atoms with E-state index in [0.717, 1.165) is 0 Å². The summed E-state index contributed by atoms with van der Waals surface area (Å²) in [5.74, 6) is -0.295. The molecule has 3 aromatic carbocycles. The summed E-state index contributed by atoms with van der Waals surface area (Å²) in [7, 11) is -3.88. The van der Waals surface area contributed by atoms with Crippen LogP contribution in [0.25, 0.3) is 12.2 Å². The van der Waals surface area contributed by atoms with Gasteiger partial charge in [0.2, 0.25) is 10.0 Å². The summed E-state index contributed by atoms with van der Waals surface area (Å²) >= 11 is 24.6. The van der Waals surface area contributed by atoms with E-state index < -0.39 is 10.0 Å². The van der Waals surface area contributed by atoms with Crippen molar-refractivity contribution in [2.75, 3.05) is 13.1 Å². The quantitative estimate of drug-likeness (QED) is 0.326. The van der Waals surface area contributed by atoms with Crippen molar-refractivity contribution in [3.05, 3.63) is 109 Å². The highest BCUT2D eigenvalue weighted by molar-refractivity contribution is 7.89. The molecule has 1 fully saturated rings. The molecule has 9 heteroatoms. The Balaban J connectivity index is 1.82. The number of ketones is 1. The molecule has 0 aromatic heterocycles. The zero-order valence-electron chi connectivity index (χ0n) is 17.5. The van der Waals surface area contributed by atoms with Gasteiger partial charge in [0, 0.05) is 44.3 Å². The van der Waals surface area contributed by atoms with Gasteiger partial charge in [-0.25, -0.2) is 8.42 Å². The van der Waals surface area contributed by atoms with Crippen LogP contribution in [0.5, 0.6) is 0 Å². The van der Waals surface area contributed by atoms with E-state index in [1.807, 2.05) is 0 Å². The van der Waals surface area contributed by atoms with E-state index in [9.17, 15) is 13.2 Å². The molecular weight excluding hydrogens is 536 g/mol. The summed E-state index contributed by atoms with van der Waals surface area (Å²) < 4.78 is 28.0. The molecule has 0 N–H and O–H groups in total. The Morgan fingerprint density at radius 2 is 1.18 bits per heavy atom. The van der Waals surface area contributed by atoms with Gasteiger partial charge in [-0.3, -0.25) is 4.79 Å². The van der Waals surface area contributed by atoms with Gasteiger partial charge in [0.25, 0.3) is 0 Å². The fourth-order valence-electron chi connectivity index (χ4n) is 3.53. The Morgan fingerprint density at radius 3 is 1.62 bits per heavy atom.